The highest BCUT2D eigenvalue weighted by Crippen LogP contribution is 2.30. The molecular weight excluding hydrogens is 246 g/mol. The highest BCUT2D eigenvalue weighted by atomic mass is 32.1. The maximum Gasteiger partial charge on any atom is 0.160 e. The molecule has 0 radical (unpaired) electrons. The van der Waals surface area contributed by atoms with Gasteiger partial charge in [-0.1, -0.05) is 0 Å². The third-order valence-corrected chi connectivity index (χ3v) is 4.88. The Labute approximate surface area is 109 Å². The molecule has 4 heterocycles. The Morgan fingerprint density at radius 1 is 1.44 bits per heavy atom. The summed E-state index contributed by atoms with van der Waals surface area (Å²) in [4.78, 5) is 19.5. The Morgan fingerprint density at radius 2 is 2.39 bits per heavy atom. The van der Waals surface area contributed by atoms with Gasteiger partial charge in [0.05, 0.1) is 4.88 Å². The molecule has 18 heavy (non-hydrogen) atoms. The molecule has 0 amide bonds. The van der Waals surface area contributed by atoms with Crippen LogP contribution in [-0.4, -0.2) is 36.9 Å². The van der Waals surface area contributed by atoms with Gasteiger partial charge in [0.2, 0.25) is 0 Å². The molecule has 0 spiro atoms. The summed E-state index contributed by atoms with van der Waals surface area (Å²) in [5, 5.41) is 4.51. The van der Waals surface area contributed by atoms with Crippen LogP contribution in [0.3, 0.4) is 0 Å². The second-order valence-electron chi connectivity index (χ2n) is 5.01. The van der Waals surface area contributed by atoms with Crippen molar-refractivity contribution in [1.29, 1.82) is 0 Å². The minimum atomic E-state index is 0.649. The number of nitrogens with one attached hydrogen (secondary N) is 1. The number of carbonyl (C=O) groups excluding carboxylic acids is 1. The molecule has 0 aromatic carbocycles. The Balaban J connectivity index is 1.70. The van der Waals surface area contributed by atoms with Gasteiger partial charge in [0, 0.05) is 37.0 Å². The fourth-order valence-electron chi connectivity index (χ4n) is 2.80. The fourth-order valence-corrected chi connectivity index (χ4v) is 3.64. The number of carbonyl (C=O) groups is 1. The summed E-state index contributed by atoms with van der Waals surface area (Å²) in [6.45, 7) is 3.29. The lowest BCUT2D eigenvalue weighted by Crippen LogP contribution is -2.51. The highest BCUT2D eigenvalue weighted by molar-refractivity contribution is 7.20. The highest BCUT2D eigenvalue weighted by Gasteiger charge is 2.39. The van der Waals surface area contributed by atoms with Crippen molar-refractivity contribution in [3.05, 3.63) is 23.1 Å². The third kappa shape index (κ3) is 1.47. The molecule has 2 aliphatic rings. The van der Waals surface area contributed by atoms with Crippen molar-refractivity contribution in [2.24, 2.45) is 5.92 Å². The largest absolute Gasteiger partial charge is 0.355 e. The number of nitrogens with zero attached hydrogens (tertiary/aromatic N) is 2. The second kappa shape index (κ2) is 3.76. The molecule has 1 N–H and O–H groups in total. The predicted octanol–water partition coefficient (Wildman–Crippen LogP) is 1.52. The van der Waals surface area contributed by atoms with E-state index in [1.54, 1.807) is 0 Å². The van der Waals surface area contributed by atoms with Crippen LogP contribution in [-0.2, 0) is 0 Å². The van der Waals surface area contributed by atoms with E-state index in [2.05, 4.69) is 27.3 Å². The summed E-state index contributed by atoms with van der Waals surface area (Å²) in [6, 6.07) is 6.68. The van der Waals surface area contributed by atoms with E-state index >= 15 is 0 Å². The number of hydrogen-bond donors (Lipinski definition) is 1. The van der Waals surface area contributed by atoms with Crippen LogP contribution in [0.1, 0.15) is 9.67 Å². The minimum absolute atomic E-state index is 0.649. The van der Waals surface area contributed by atoms with Gasteiger partial charge in [-0.2, -0.15) is 0 Å². The van der Waals surface area contributed by atoms with Crippen molar-refractivity contribution in [2.75, 3.05) is 24.5 Å². The van der Waals surface area contributed by atoms with Crippen molar-refractivity contribution in [2.45, 2.75) is 6.04 Å². The van der Waals surface area contributed by atoms with E-state index in [0.717, 1.165) is 52.7 Å². The number of rotatable bonds is 2. The van der Waals surface area contributed by atoms with Gasteiger partial charge in [-0.25, -0.2) is 4.98 Å². The predicted molar refractivity (Wildman–Crippen MR) is 72.5 cm³/mol. The summed E-state index contributed by atoms with van der Waals surface area (Å²) in [7, 11) is 0. The van der Waals surface area contributed by atoms with Crippen LogP contribution in [0.25, 0.3) is 10.2 Å². The normalized spacial score (nSPS) is 26.1. The van der Waals surface area contributed by atoms with E-state index in [4.69, 9.17) is 0 Å². The van der Waals surface area contributed by atoms with Crippen molar-refractivity contribution in [3.8, 4) is 0 Å². The van der Waals surface area contributed by atoms with Crippen molar-refractivity contribution in [3.63, 3.8) is 0 Å². The third-order valence-electron chi connectivity index (χ3n) is 3.91. The molecule has 0 bridgehead atoms. The first-order valence-electron chi connectivity index (χ1n) is 6.17. The Hall–Kier alpha value is -1.46. The molecule has 0 aliphatic carbocycles. The maximum atomic E-state index is 10.8. The SMILES string of the molecule is O=Cc1cc2ccc(N3CC4CNC4C3)nc2s1. The standard InChI is InChI=1S/C13H13N3OS/c17-7-10-3-8-1-2-12(15-13(8)18-10)16-5-9-4-14-11(9)6-16/h1-3,7,9,11,14H,4-6H2. The van der Waals surface area contributed by atoms with E-state index in [-0.39, 0.29) is 0 Å². The van der Waals surface area contributed by atoms with Crippen molar-refractivity contribution < 1.29 is 4.79 Å². The lowest BCUT2D eigenvalue weighted by Gasteiger charge is -2.29. The first kappa shape index (κ1) is 10.5. The number of fused-ring (bicyclic) bond motifs is 2. The lowest BCUT2D eigenvalue weighted by atomic mass is 9.96. The lowest BCUT2D eigenvalue weighted by molar-refractivity contribution is 0.112. The molecule has 5 heteroatoms. The van der Waals surface area contributed by atoms with E-state index < -0.39 is 0 Å². The number of anilines is 1. The number of hydrogen-bond acceptors (Lipinski definition) is 5. The van der Waals surface area contributed by atoms with Gasteiger partial charge in [-0.05, 0) is 18.2 Å². The van der Waals surface area contributed by atoms with Crippen LogP contribution >= 0.6 is 11.3 Å². The second-order valence-corrected chi connectivity index (χ2v) is 6.07. The summed E-state index contributed by atoms with van der Waals surface area (Å²) in [6.07, 6.45) is 0.895. The Morgan fingerprint density at radius 3 is 3.06 bits per heavy atom. The van der Waals surface area contributed by atoms with Crippen LogP contribution in [0.4, 0.5) is 5.82 Å². The van der Waals surface area contributed by atoms with Gasteiger partial charge in [-0.3, -0.25) is 4.79 Å². The van der Waals surface area contributed by atoms with E-state index in [1.165, 1.54) is 11.3 Å². The molecule has 2 aromatic heterocycles. The first-order chi connectivity index (χ1) is 8.83. The summed E-state index contributed by atoms with van der Waals surface area (Å²) in [5.74, 6) is 1.83. The minimum Gasteiger partial charge on any atom is -0.355 e. The molecule has 4 nitrogen and oxygen atoms in total. The number of thiophene rings is 1. The monoisotopic (exact) mass is 259 g/mol. The molecule has 2 saturated heterocycles. The van der Waals surface area contributed by atoms with Crippen molar-refractivity contribution >= 4 is 33.7 Å². The number of pyridine rings is 1. The van der Waals surface area contributed by atoms with Gasteiger partial charge < -0.3 is 10.2 Å². The molecule has 2 atom stereocenters. The molecule has 2 aromatic rings. The molecule has 92 valence electrons. The van der Waals surface area contributed by atoms with E-state index in [9.17, 15) is 4.79 Å². The summed E-state index contributed by atoms with van der Waals surface area (Å²) in [5.41, 5.74) is 0. The zero-order valence-electron chi connectivity index (χ0n) is 9.80. The fraction of sp³-hybridized carbons (Fsp3) is 0.385. The van der Waals surface area contributed by atoms with Crippen LogP contribution in [0.5, 0.6) is 0 Å². The van der Waals surface area contributed by atoms with E-state index in [0.29, 0.717) is 6.04 Å². The van der Waals surface area contributed by atoms with Gasteiger partial charge >= 0.3 is 0 Å². The van der Waals surface area contributed by atoms with Gasteiger partial charge in [0.15, 0.2) is 6.29 Å². The Kier molecular flexibility index (Phi) is 2.19. The summed E-state index contributed by atoms with van der Waals surface area (Å²) >= 11 is 1.47. The molecule has 2 aliphatic heterocycles. The maximum absolute atomic E-state index is 10.8. The smallest absolute Gasteiger partial charge is 0.160 e. The first-order valence-corrected chi connectivity index (χ1v) is 6.99. The molecular formula is C13H13N3OS. The number of aromatic nitrogens is 1. The van der Waals surface area contributed by atoms with Crippen LogP contribution in [0.2, 0.25) is 0 Å². The molecule has 2 unspecified atom stereocenters. The summed E-state index contributed by atoms with van der Waals surface area (Å²) < 4.78 is 0. The Bertz CT molecular complexity index is 612. The average Bonchev–Trinajstić information content (AvgIpc) is 2.90. The van der Waals surface area contributed by atoms with Gasteiger partial charge in [-0.15, -0.1) is 11.3 Å². The van der Waals surface area contributed by atoms with Crippen LogP contribution < -0.4 is 10.2 Å². The molecule has 2 fully saturated rings. The van der Waals surface area contributed by atoms with E-state index in [1.807, 2.05) is 6.07 Å². The molecule has 4 rings (SSSR count). The van der Waals surface area contributed by atoms with Crippen LogP contribution in [0, 0.1) is 5.92 Å². The van der Waals surface area contributed by atoms with Gasteiger partial charge in [0.1, 0.15) is 10.6 Å². The topological polar surface area (TPSA) is 45.2 Å². The zero-order chi connectivity index (χ0) is 12.1. The zero-order valence-corrected chi connectivity index (χ0v) is 10.6. The van der Waals surface area contributed by atoms with Crippen molar-refractivity contribution in [1.82, 2.24) is 10.3 Å². The average molecular weight is 259 g/mol. The molecule has 0 saturated carbocycles. The number of aldehydes is 1. The van der Waals surface area contributed by atoms with Crippen LogP contribution in [0.15, 0.2) is 18.2 Å². The van der Waals surface area contributed by atoms with Gasteiger partial charge in [0.25, 0.3) is 0 Å². The quantitative estimate of drug-likeness (QED) is 0.831.